The summed E-state index contributed by atoms with van der Waals surface area (Å²) in [6, 6.07) is 0. The first kappa shape index (κ1) is 17.9. The second-order valence-electron chi connectivity index (χ2n) is 3.88. The van der Waals surface area contributed by atoms with Gasteiger partial charge >= 0.3 is 0 Å². The van der Waals surface area contributed by atoms with Crippen LogP contribution in [0.25, 0.3) is 0 Å². The van der Waals surface area contributed by atoms with Crippen molar-refractivity contribution in [2.45, 2.75) is 47.0 Å². The Hall–Kier alpha value is -0.500. The zero-order valence-corrected chi connectivity index (χ0v) is 12.1. The third kappa shape index (κ3) is 11.6. The monoisotopic (exact) mass is 228 g/mol. The molecule has 1 heterocycles. The molecule has 1 fully saturated rings. The number of nitrogens with zero attached hydrogens (tertiary/aromatic N) is 2. The smallest absolute Gasteiger partial charge is 0.0300 e. The molecule has 0 unspecified atom stereocenters. The average molecular weight is 228 g/mol. The molecule has 0 atom stereocenters. The summed E-state index contributed by atoms with van der Waals surface area (Å²) in [7, 11) is 2.15. The lowest BCUT2D eigenvalue weighted by atomic mass is 10.3. The Morgan fingerprint density at radius 2 is 1.44 bits per heavy atom. The molecule has 1 rings (SSSR count). The molecule has 2 heteroatoms. The van der Waals surface area contributed by atoms with Gasteiger partial charge in [0.05, 0.1) is 0 Å². The van der Waals surface area contributed by atoms with E-state index in [0.717, 1.165) is 13.1 Å². The van der Waals surface area contributed by atoms with E-state index >= 15 is 0 Å². The summed E-state index contributed by atoms with van der Waals surface area (Å²) < 4.78 is 0. The Morgan fingerprint density at radius 1 is 1.00 bits per heavy atom. The molecular formula is C14H32N2. The number of hydrogen-bond donors (Lipinski definition) is 0. The predicted octanol–water partition coefficient (Wildman–Crippen LogP) is 3.60. The van der Waals surface area contributed by atoms with Crippen LogP contribution in [0.5, 0.6) is 0 Å². The summed E-state index contributed by atoms with van der Waals surface area (Å²) in [6.45, 7) is 16.8. The van der Waals surface area contributed by atoms with Crippen molar-refractivity contribution in [3.05, 3.63) is 12.8 Å². The van der Waals surface area contributed by atoms with Crippen LogP contribution in [0.15, 0.2) is 12.8 Å². The van der Waals surface area contributed by atoms with Gasteiger partial charge in [-0.1, -0.05) is 53.5 Å². The highest BCUT2D eigenvalue weighted by molar-refractivity contribution is 4.76. The number of piperazine rings is 1. The molecule has 0 amide bonds. The first-order valence-electron chi connectivity index (χ1n) is 6.79. The molecule has 0 aromatic carbocycles. The molecule has 0 aromatic heterocycles. The molecule has 1 saturated heterocycles. The highest BCUT2D eigenvalue weighted by Gasteiger charge is 2.08. The Balaban J connectivity index is 0. The van der Waals surface area contributed by atoms with E-state index in [0.29, 0.717) is 0 Å². The van der Waals surface area contributed by atoms with Crippen molar-refractivity contribution in [1.29, 1.82) is 0 Å². The molecule has 98 valence electrons. The number of likely N-dealkylation sites (N-methyl/N-ethyl adjacent to an activating group) is 1. The standard InChI is InChI=1S/C7H14N2.C5H12.C2H6/c1-3-9-6-4-8(2)5-7-9;1-3-5-4-2;1-2/h3H,1,4-7H2,2H3;3-5H2,1-2H3;1-2H3. The molecule has 1 aliphatic heterocycles. The van der Waals surface area contributed by atoms with E-state index in [1.807, 2.05) is 20.0 Å². The molecule has 0 bridgehead atoms. The van der Waals surface area contributed by atoms with Gasteiger partial charge in [-0.05, 0) is 13.2 Å². The topological polar surface area (TPSA) is 6.48 Å². The predicted molar refractivity (Wildman–Crippen MR) is 75.8 cm³/mol. The zero-order chi connectivity index (χ0) is 12.8. The molecule has 2 nitrogen and oxygen atoms in total. The van der Waals surface area contributed by atoms with Crippen molar-refractivity contribution < 1.29 is 0 Å². The summed E-state index contributed by atoms with van der Waals surface area (Å²) >= 11 is 0. The van der Waals surface area contributed by atoms with Crippen molar-refractivity contribution in [1.82, 2.24) is 9.80 Å². The molecule has 0 spiro atoms. The van der Waals surface area contributed by atoms with Gasteiger partial charge in [0.2, 0.25) is 0 Å². The van der Waals surface area contributed by atoms with Crippen molar-refractivity contribution in [2.75, 3.05) is 33.2 Å². The first-order chi connectivity index (χ1) is 7.74. The van der Waals surface area contributed by atoms with Gasteiger partial charge < -0.3 is 9.80 Å². The minimum absolute atomic E-state index is 1.14. The second kappa shape index (κ2) is 14.5. The summed E-state index contributed by atoms with van der Waals surface area (Å²) in [5.74, 6) is 0. The molecule has 1 aliphatic rings. The summed E-state index contributed by atoms with van der Waals surface area (Å²) in [6.07, 6.45) is 6.00. The number of hydrogen-bond acceptors (Lipinski definition) is 2. The maximum Gasteiger partial charge on any atom is 0.0300 e. The van der Waals surface area contributed by atoms with E-state index in [9.17, 15) is 0 Å². The fourth-order valence-corrected chi connectivity index (χ4v) is 1.36. The third-order valence-electron chi connectivity index (χ3n) is 2.50. The Kier molecular flexibility index (Phi) is 16.2. The van der Waals surface area contributed by atoms with Gasteiger partial charge in [-0.25, -0.2) is 0 Å². The van der Waals surface area contributed by atoms with Gasteiger partial charge in [0, 0.05) is 26.2 Å². The Morgan fingerprint density at radius 3 is 1.69 bits per heavy atom. The van der Waals surface area contributed by atoms with Crippen LogP contribution in [-0.2, 0) is 0 Å². The van der Waals surface area contributed by atoms with Crippen LogP contribution in [0.2, 0.25) is 0 Å². The maximum atomic E-state index is 3.72. The fourth-order valence-electron chi connectivity index (χ4n) is 1.36. The van der Waals surface area contributed by atoms with Crippen molar-refractivity contribution in [2.24, 2.45) is 0 Å². The van der Waals surface area contributed by atoms with Gasteiger partial charge in [0.1, 0.15) is 0 Å². The van der Waals surface area contributed by atoms with Crippen molar-refractivity contribution in [3.8, 4) is 0 Å². The largest absolute Gasteiger partial charge is 0.375 e. The lowest BCUT2D eigenvalue weighted by Gasteiger charge is -2.31. The van der Waals surface area contributed by atoms with Crippen LogP contribution in [0.3, 0.4) is 0 Å². The highest BCUT2D eigenvalue weighted by atomic mass is 15.2. The van der Waals surface area contributed by atoms with Gasteiger partial charge in [-0.15, -0.1) is 0 Å². The van der Waals surface area contributed by atoms with Crippen LogP contribution < -0.4 is 0 Å². The number of unbranched alkanes of at least 4 members (excludes halogenated alkanes) is 2. The minimum atomic E-state index is 1.14. The van der Waals surface area contributed by atoms with Crippen LogP contribution in [0, 0.1) is 0 Å². The average Bonchev–Trinajstić information content (AvgIpc) is 2.34. The van der Waals surface area contributed by atoms with Crippen LogP contribution in [0.1, 0.15) is 47.0 Å². The van der Waals surface area contributed by atoms with Crippen molar-refractivity contribution >= 4 is 0 Å². The molecule has 0 N–H and O–H groups in total. The van der Waals surface area contributed by atoms with E-state index in [2.05, 4.69) is 37.3 Å². The lowest BCUT2D eigenvalue weighted by molar-refractivity contribution is 0.199. The lowest BCUT2D eigenvalue weighted by Crippen LogP contribution is -2.41. The molecule has 16 heavy (non-hydrogen) atoms. The molecule has 0 saturated carbocycles. The quantitative estimate of drug-likeness (QED) is 0.728. The van der Waals surface area contributed by atoms with Gasteiger partial charge in [-0.3, -0.25) is 0 Å². The van der Waals surface area contributed by atoms with Gasteiger partial charge in [0.25, 0.3) is 0 Å². The summed E-state index contributed by atoms with van der Waals surface area (Å²) in [4.78, 5) is 4.58. The van der Waals surface area contributed by atoms with E-state index in [1.165, 1.54) is 32.4 Å². The summed E-state index contributed by atoms with van der Waals surface area (Å²) in [5, 5.41) is 0. The van der Waals surface area contributed by atoms with Crippen LogP contribution >= 0.6 is 0 Å². The SMILES string of the molecule is C=CN1CCN(C)CC1.CC.CCCCC. The second-order valence-corrected chi connectivity index (χ2v) is 3.88. The third-order valence-corrected chi connectivity index (χ3v) is 2.50. The maximum absolute atomic E-state index is 3.72. The number of rotatable bonds is 3. The zero-order valence-electron chi connectivity index (χ0n) is 12.1. The van der Waals surface area contributed by atoms with E-state index in [1.54, 1.807) is 0 Å². The van der Waals surface area contributed by atoms with E-state index < -0.39 is 0 Å². The highest BCUT2D eigenvalue weighted by Crippen LogP contribution is 1.97. The Labute approximate surface area is 103 Å². The normalized spacial score (nSPS) is 15.4. The van der Waals surface area contributed by atoms with E-state index in [4.69, 9.17) is 0 Å². The van der Waals surface area contributed by atoms with Gasteiger partial charge in [-0.2, -0.15) is 0 Å². The van der Waals surface area contributed by atoms with Crippen molar-refractivity contribution in [3.63, 3.8) is 0 Å². The molecule has 0 aromatic rings. The Bertz CT molecular complexity index is 125. The van der Waals surface area contributed by atoms with Crippen LogP contribution in [-0.4, -0.2) is 43.0 Å². The first-order valence-corrected chi connectivity index (χ1v) is 6.79. The van der Waals surface area contributed by atoms with E-state index in [-0.39, 0.29) is 0 Å². The molecule has 0 aliphatic carbocycles. The minimum Gasteiger partial charge on any atom is -0.375 e. The summed E-state index contributed by atoms with van der Waals surface area (Å²) in [5.41, 5.74) is 0. The van der Waals surface area contributed by atoms with Crippen LogP contribution in [0.4, 0.5) is 0 Å². The molecule has 0 radical (unpaired) electrons. The fraction of sp³-hybridized carbons (Fsp3) is 0.857. The molecular weight excluding hydrogens is 196 g/mol. The van der Waals surface area contributed by atoms with Gasteiger partial charge in [0.15, 0.2) is 0 Å².